The Balaban J connectivity index is 1.78. The molecule has 158 valence electrons. The summed E-state index contributed by atoms with van der Waals surface area (Å²) in [7, 11) is -3.87. The predicted octanol–water partition coefficient (Wildman–Crippen LogP) is 5.22. The Morgan fingerprint density at radius 1 is 1.03 bits per heavy atom. The molecule has 1 fully saturated rings. The highest BCUT2D eigenvalue weighted by atomic mass is 35.5. The molecule has 0 amide bonds. The van der Waals surface area contributed by atoms with Gasteiger partial charge in [-0.25, -0.2) is 8.42 Å². The van der Waals surface area contributed by atoms with Crippen LogP contribution in [0.2, 0.25) is 5.02 Å². The van der Waals surface area contributed by atoms with E-state index in [1.54, 1.807) is 36.4 Å². The summed E-state index contributed by atoms with van der Waals surface area (Å²) in [5.41, 5.74) is 0.672. The molecule has 0 aliphatic carbocycles. The van der Waals surface area contributed by atoms with Crippen LogP contribution in [0.25, 0.3) is 11.5 Å². The topological polar surface area (TPSA) is 72.6 Å². The van der Waals surface area contributed by atoms with E-state index in [1.165, 1.54) is 12.1 Å². The van der Waals surface area contributed by atoms with Crippen molar-refractivity contribution in [1.82, 2.24) is 4.98 Å². The summed E-state index contributed by atoms with van der Waals surface area (Å²) in [6.45, 7) is 3.87. The quantitative estimate of drug-likeness (QED) is 0.517. The first kappa shape index (κ1) is 20.8. The van der Waals surface area contributed by atoms with Crippen molar-refractivity contribution < 1.29 is 17.6 Å². The maximum absolute atomic E-state index is 13.5. The van der Waals surface area contributed by atoms with Gasteiger partial charge in [0.1, 0.15) is 5.75 Å². The number of hydrogen-bond acceptors (Lipinski definition) is 6. The number of rotatable bonds is 6. The maximum atomic E-state index is 13.5. The number of hydrogen-bond donors (Lipinski definition) is 0. The summed E-state index contributed by atoms with van der Waals surface area (Å²) in [6, 6.07) is 13.4. The van der Waals surface area contributed by atoms with Gasteiger partial charge in [-0.2, -0.15) is 4.98 Å². The lowest BCUT2D eigenvalue weighted by molar-refractivity contribution is 0.340. The standard InChI is InChI=1S/C22H23ClN2O4S/c1-2-28-18-10-12-19(13-11-18)30(26,27)21-22(25-14-4-3-5-15-25)29-20(24-21)16-6-8-17(23)9-7-16/h6-13H,2-5,14-15H2,1H3. The van der Waals surface area contributed by atoms with Gasteiger partial charge in [0.2, 0.25) is 26.6 Å². The zero-order valence-corrected chi connectivity index (χ0v) is 18.2. The SMILES string of the molecule is CCOc1ccc(S(=O)(=O)c2nc(-c3ccc(Cl)cc3)oc2N2CCCCC2)cc1. The maximum Gasteiger partial charge on any atom is 0.236 e. The van der Waals surface area contributed by atoms with E-state index >= 15 is 0 Å². The van der Waals surface area contributed by atoms with Crippen molar-refractivity contribution in [3.8, 4) is 17.2 Å². The normalized spacial score (nSPS) is 14.7. The summed E-state index contributed by atoms with van der Waals surface area (Å²) >= 11 is 5.98. The highest BCUT2D eigenvalue weighted by molar-refractivity contribution is 7.91. The predicted molar refractivity (Wildman–Crippen MR) is 116 cm³/mol. The van der Waals surface area contributed by atoms with Crippen LogP contribution in [-0.4, -0.2) is 33.1 Å². The van der Waals surface area contributed by atoms with Crippen molar-refractivity contribution in [3.63, 3.8) is 0 Å². The van der Waals surface area contributed by atoms with Gasteiger partial charge >= 0.3 is 0 Å². The molecule has 8 heteroatoms. The van der Waals surface area contributed by atoms with Crippen molar-refractivity contribution in [2.24, 2.45) is 0 Å². The molecule has 0 atom stereocenters. The molecule has 0 spiro atoms. The number of benzene rings is 2. The van der Waals surface area contributed by atoms with E-state index in [0.717, 1.165) is 32.4 Å². The minimum Gasteiger partial charge on any atom is -0.494 e. The second kappa shape index (κ2) is 8.70. The Kier molecular flexibility index (Phi) is 6.01. The third kappa shape index (κ3) is 4.18. The van der Waals surface area contributed by atoms with Gasteiger partial charge in [-0.1, -0.05) is 11.6 Å². The highest BCUT2D eigenvalue weighted by Crippen LogP contribution is 2.36. The third-order valence-electron chi connectivity index (χ3n) is 5.01. The number of oxazole rings is 1. The van der Waals surface area contributed by atoms with Crippen LogP contribution in [0.3, 0.4) is 0 Å². The minimum atomic E-state index is -3.87. The first-order valence-corrected chi connectivity index (χ1v) is 11.8. The summed E-state index contributed by atoms with van der Waals surface area (Å²) in [5.74, 6) is 1.18. The molecule has 0 radical (unpaired) electrons. The Morgan fingerprint density at radius 2 is 1.70 bits per heavy atom. The molecule has 1 aromatic heterocycles. The first-order chi connectivity index (χ1) is 14.5. The van der Waals surface area contributed by atoms with Crippen molar-refractivity contribution in [1.29, 1.82) is 0 Å². The first-order valence-electron chi connectivity index (χ1n) is 9.98. The van der Waals surface area contributed by atoms with Crippen molar-refractivity contribution in [2.75, 3.05) is 24.6 Å². The number of halogens is 1. The molecule has 0 saturated carbocycles. The molecule has 6 nitrogen and oxygen atoms in total. The fraction of sp³-hybridized carbons (Fsp3) is 0.318. The molecule has 0 unspecified atom stereocenters. The van der Waals surface area contributed by atoms with Crippen molar-refractivity contribution in [3.05, 3.63) is 53.6 Å². The van der Waals surface area contributed by atoms with Crippen LogP contribution >= 0.6 is 11.6 Å². The molecular weight excluding hydrogens is 424 g/mol. The largest absolute Gasteiger partial charge is 0.494 e. The van der Waals surface area contributed by atoms with E-state index in [-0.39, 0.29) is 15.8 Å². The zero-order chi connectivity index (χ0) is 21.1. The second-order valence-corrected chi connectivity index (χ2v) is 9.39. The summed E-state index contributed by atoms with van der Waals surface area (Å²) in [4.78, 5) is 6.54. The Hall–Kier alpha value is -2.51. The fourth-order valence-electron chi connectivity index (χ4n) is 3.48. The van der Waals surface area contributed by atoms with Crippen LogP contribution in [0.1, 0.15) is 26.2 Å². The lowest BCUT2D eigenvalue weighted by Crippen LogP contribution is -2.30. The molecule has 4 rings (SSSR count). The van der Waals surface area contributed by atoms with E-state index < -0.39 is 9.84 Å². The molecule has 30 heavy (non-hydrogen) atoms. The summed E-state index contributed by atoms with van der Waals surface area (Å²) in [5, 5.41) is 0.530. The second-order valence-electron chi connectivity index (χ2n) is 7.09. The molecule has 1 saturated heterocycles. The van der Waals surface area contributed by atoms with E-state index in [9.17, 15) is 8.42 Å². The van der Waals surface area contributed by atoms with Gasteiger partial charge < -0.3 is 14.1 Å². The van der Waals surface area contributed by atoms with Gasteiger partial charge in [0, 0.05) is 23.7 Å². The fourth-order valence-corrected chi connectivity index (χ4v) is 4.93. The molecular formula is C22H23ClN2O4S. The number of piperidine rings is 1. The van der Waals surface area contributed by atoms with Gasteiger partial charge in [0.15, 0.2) is 0 Å². The molecule has 2 aromatic carbocycles. The molecule has 1 aliphatic rings. The van der Waals surface area contributed by atoms with E-state index in [2.05, 4.69) is 4.98 Å². The Labute approximate surface area is 181 Å². The van der Waals surface area contributed by atoms with Crippen LogP contribution in [0.15, 0.2) is 62.9 Å². The van der Waals surface area contributed by atoms with Gasteiger partial charge in [0.25, 0.3) is 0 Å². The smallest absolute Gasteiger partial charge is 0.236 e. The van der Waals surface area contributed by atoms with Crippen molar-refractivity contribution >= 4 is 27.3 Å². The zero-order valence-electron chi connectivity index (χ0n) is 16.7. The van der Waals surface area contributed by atoms with E-state index in [4.69, 9.17) is 20.8 Å². The molecule has 3 aromatic rings. The average Bonchev–Trinajstić information content (AvgIpc) is 3.22. The van der Waals surface area contributed by atoms with Crippen LogP contribution in [-0.2, 0) is 9.84 Å². The van der Waals surface area contributed by atoms with Crippen LogP contribution < -0.4 is 9.64 Å². The van der Waals surface area contributed by atoms with Crippen LogP contribution in [0, 0.1) is 0 Å². The van der Waals surface area contributed by atoms with E-state index in [0.29, 0.717) is 28.8 Å². The third-order valence-corrected chi connectivity index (χ3v) is 6.93. The van der Waals surface area contributed by atoms with E-state index in [1.807, 2.05) is 11.8 Å². The van der Waals surface area contributed by atoms with Gasteiger partial charge in [0.05, 0.1) is 11.5 Å². The van der Waals surface area contributed by atoms with Gasteiger partial charge in [-0.05, 0) is 74.7 Å². The van der Waals surface area contributed by atoms with Crippen molar-refractivity contribution in [2.45, 2.75) is 36.1 Å². The molecule has 1 aliphatic heterocycles. The summed E-state index contributed by atoms with van der Waals surface area (Å²) in [6.07, 6.45) is 3.09. The number of aromatic nitrogens is 1. The number of ether oxygens (including phenoxy) is 1. The molecule has 0 N–H and O–H groups in total. The highest BCUT2D eigenvalue weighted by Gasteiger charge is 2.32. The number of anilines is 1. The summed E-state index contributed by atoms with van der Waals surface area (Å²) < 4.78 is 38.3. The molecule has 0 bridgehead atoms. The minimum absolute atomic E-state index is 0.0569. The van der Waals surface area contributed by atoms with Crippen LogP contribution in [0.4, 0.5) is 5.88 Å². The van der Waals surface area contributed by atoms with Crippen LogP contribution in [0.5, 0.6) is 5.75 Å². The number of sulfone groups is 1. The number of nitrogens with zero attached hydrogens (tertiary/aromatic N) is 2. The van der Waals surface area contributed by atoms with Gasteiger partial charge in [-0.3, -0.25) is 0 Å². The Morgan fingerprint density at radius 3 is 2.33 bits per heavy atom. The Bertz CT molecular complexity index is 1100. The van der Waals surface area contributed by atoms with Gasteiger partial charge in [-0.15, -0.1) is 0 Å². The average molecular weight is 447 g/mol. The monoisotopic (exact) mass is 446 g/mol. The lowest BCUT2D eigenvalue weighted by Gasteiger charge is -2.26. The molecule has 2 heterocycles. The lowest BCUT2D eigenvalue weighted by atomic mass is 10.1.